The third kappa shape index (κ3) is 5.17. The van der Waals surface area contributed by atoms with Gasteiger partial charge in [-0.25, -0.2) is 9.36 Å². The van der Waals surface area contributed by atoms with Gasteiger partial charge < -0.3 is 10.4 Å². The summed E-state index contributed by atoms with van der Waals surface area (Å²) in [6, 6.07) is 0. The predicted octanol–water partition coefficient (Wildman–Crippen LogP) is 0.702. The van der Waals surface area contributed by atoms with E-state index >= 15 is 0 Å². The Labute approximate surface area is 148 Å². The Morgan fingerprint density at radius 3 is 2.13 bits per heavy atom. The van der Waals surface area contributed by atoms with Crippen molar-refractivity contribution in [2.75, 3.05) is 6.54 Å². The molecule has 0 saturated heterocycles. The summed E-state index contributed by atoms with van der Waals surface area (Å²) in [5, 5.41) is 11.3. The lowest BCUT2D eigenvalue weighted by Gasteiger charge is -2.16. The summed E-state index contributed by atoms with van der Waals surface area (Å²) in [5.74, 6) is -1.41. The van der Waals surface area contributed by atoms with Crippen LogP contribution in [0.5, 0.6) is 0 Å². The quantitative estimate of drug-likeness (QED) is 0.445. The van der Waals surface area contributed by atoms with Crippen molar-refractivity contribution in [3.63, 3.8) is 0 Å². The molecule has 23 heavy (non-hydrogen) atoms. The van der Waals surface area contributed by atoms with E-state index in [1.54, 1.807) is 0 Å². The van der Waals surface area contributed by atoms with E-state index in [1.807, 2.05) is 0 Å². The fraction of sp³-hybridized carbons (Fsp3) is 0.385. The van der Waals surface area contributed by atoms with E-state index in [0.29, 0.717) is 6.42 Å². The van der Waals surface area contributed by atoms with Crippen LogP contribution in [0.4, 0.5) is 0 Å². The zero-order valence-corrected chi connectivity index (χ0v) is 15.2. The van der Waals surface area contributed by atoms with Crippen LogP contribution in [0.2, 0.25) is 0 Å². The fourth-order valence-corrected chi connectivity index (χ4v) is 2.54. The first-order valence-electron chi connectivity index (χ1n) is 6.60. The molecule has 10 heteroatoms. The summed E-state index contributed by atoms with van der Waals surface area (Å²) in [4.78, 5) is 46.3. The maximum absolute atomic E-state index is 12.3. The van der Waals surface area contributed by atoms with Crippen molar-refractivity contribution in [3.05, 3.63) is 42.3 Å². The molecule has 0 bridgehead atoms. The van der Waals surface area contributed by atoms with Gasteiger partial charge in [-0.3, -0.25) is 19.2 Å². The minimum Gasteiger partial charge on any atom is -0.481 e. The van der Waals surface area contributed by atoms with Gasteiger partial charge in [-0.05, 0) is 44.4 Å². The summed E-state index contributed by atoms with van der Waals surface area (Å²) >= 11 is 6.07. The molecule has 0 radical (unpaired) electrons. The second-order valence-electron chi connectivity index (χ2n) is 4.48. The maximum atomic E-state index is 12.3. The monoisotopic (exact) mass is 451 g/mol. The average Bonchev–Trinajstić information content (AvgIpc) is 2.52. The number of rotatable bonds is 8. The van der Waals surface area contributed by atoms with Gasteiger partial charge in [0.15, 0.2) is 0 Å². The number of hydrogen-bond donors (Lipinski definition) is 2. The fourth-order valence-electron chi connectivity index (χ4n) is 1.79. The smallest absolute Gasteiger partial charge is 0.305 e. The molecule has 1 rings (SSSR count). The molecule has 0 aliphatic rings. The summed E-state index contributed by atoms with van der Waals surface area (Å²) in [5.41, 5.74) is -0.968. The van der Waals surface area contributed by atoms with Gasteiger partial charge in [0.1, 0.15) is 8.95 Å². The standard InChI is InChI=1S/C13H15Br2N3O5/c1-2-8(19)16-5-3-6-17-12(22)10(14)11(15)13(23)18(17)7-4-9(20)21/h2H,1,3-7H2,(H,16,19)(H,20,21). The van der Waals surface area contributed by atoms with Gasteiger partial charge in [0, 0.05) is 13.1 Å². The number of aliphatic carboxylic acids is 1. The second-order valence-corrected chi connectivity index (χ2v) is 6.06. The number of amides is 1. The molecule has 0 saturated carbocycles. The minimum atomic E-state index is -1.08. The largest absolute Gasteiger partial charge is 0.481 e. The Balaban J connectivity index is 3.05. The van der Waals surface area contributed by atoms with Crippen molar-refractivity contribution in [1.82, 2.24) is 14.7 Å². The Bertz CT molecular complexity index is 738. The van der Waals surface area contributed by atoms with E-state index in [4.69, 9.17) is 5.11 Å². The second kappa shape index (κ2) is 8.82. The summed E-state index contributed by atoms with van der Waals surface area (Å²) in [6.45, 7) is 3.63. The third-order valence-corrected chi connectivity index (χ3v) is 4.90. The number of carboxylic acids is 1. The molecule has 0 atom stereocenters. The predicted molar refractivity (Wildman–Crippen MR) is 90.4 cm³/mol. The van der Waals surface area contributed by atoms with Crippen LogP contribution >= 0.6 is 31.9 Å². The van der Waals surface area contributed by atoms with Gasteiger partial charge in [0.25, 0.3) is 11.1 Å². The molecule has 1 aromatic rings. The number of nitrogens with zero attached hydrogens (tertiary/aromatic N) is 2. The first-order valence-corrected chi connectivity index (χ1v) is 8.19. The van der Waals surface area contributed by atoms with Crippen molar-refractivity contribution in [2.24, 2.45) is 0 Å². The molecule has 2 N–H and O–H groups in total. The highest BCUT2D eigenvalue weighted by Gasteiger charge is 2.16. The van der Waals surface area contributed by atoms with E-state index in [1.165, 1.54) is 4.68 Å². The lowest BCUT2D eigenvalue weighted by Crippen LogP contribution is -2.40. The lowest BCUT2D eigenvalue weighted by atomic mass is 10.4. The number of aromatic nitrogens is 2. The highest BCUT2D eigenvalue weighted by molar-refractivity contribution is 9.13. The summed E-state index contributed by atoms with van der Waals surface area (Å²) in [6.07, 6.45) is 1.23. The van der Waals surface area contributed by atoms with E-state index < -0.39 is 17.1 Å². The molecule has 0 aliphatic heterocycles. The Morgan fingerprint density at radius 1 is 1.13 bits per heavy atom. The molecule has 0 unspecified atom stereocenters. The summed E-state index contributed by atoms with van der Waals surface area (Å²) < 4.78 is 2.37. The first kappa shape index (κ1) is 19.4. The Kier molecular flexibility index (Phi) is 7.43. The third-order valence-electron chi connectivity index (χ3n) is 2.90. The van der Waals surface area contributed by atoms with Gasteiger partial charge >= 0.3 is 5.97 Å². The topological polar surface area (TPSA) is 110 Å². The van der Waals surface area contributed by atoms with E-state index in [9.17, 15) is 19.2 Å². The van der Waals surface area contributed by atoms with Crippen LogP contribution in [-0.4, -0.2) is 32.9 Å². The number of nitrogens with one attached hydrogen (secondary N) is 1. The van der Waals surface area contributed by atoms with Crippen LogP contribution in [0.15, 0.2) is 31.2 Å². The Morgan fingerprint density at radius 2 is 1.65 bits per heavy atom. The van der Waals surface area contributed by atoms with Crippen LogP contribution in [0.1, 0.15) is 12.8 Å². The molecule has 0 aromatic carbocycles. The maximum Gasteiger partial charge on any atom is 0.305 e. The molecule has 126 valence electrons. The molecule has 0 aliphatic carbocycles. The number of carboxylic acid groups (broad SMARTS) is 1. The van der Waals surface area contributed by atoms with Gasteiger partial charge in [-0.2, -0.15) is 0 Å². The first-order chi connectivity index (χ1) is 10.8. The van der Waals surface area contributed by atoms with Crippen molar-refractivity contribution in [2.45, 2.75) is 25.9 Å². The number of hydrogen-bond acceptors (Lipinski definition) is 4. The van der Waals surface area contributed by atoms with Gasteiger partial charge in [-0.1, -0.05) is 6.58 Å². The Hall–Kier alpha value is -1.68. The van der Waals surface area contributed by atoms with Crippen LogP contribution in [-0.2, 0) is 22.7 Å². The number of halogens is 2. The molecule has 1 amide bonds. The lowest BCUT2D eigenvalue weighted by molar-refractivity contribution is -0.137. The van der Waals surface area contributed by atoms with Crippen molar-refractivity contribution in [3.8, 4) is 0 Å². The van der Waals surface area contributed by atoms with Gasteiger partial charge in [0.2, 0.25) is 5.91 Å². The number of carbonyl (C=O) groups excluding carboxylic acids is 1. The van der Waals surface area contributed by atoms with Crippen molar-refractivity contribution < 1.29 is 14.7 Å². The van der Waals surface area contributed by atoms with Crippen LogP contribution < -0.4 is 16.4 Å². The summed E-state index contributed by atoms with van der Waals surface area (Å²) in [7, 11) is 0. The van der Waals surface area contributed by atoms with Gasteiger partial charge in [-0.15, -0.1) is 0 Å². The molecule has 0 fully saturated rings. The zero-order valence-electron chi connectivity index (χ0n) is 12.1. The average molecular weight is 453 g/mol. The van der Waals surface area contributed by atoms with Crippen LogP contribution in [0.3, 0.4) is 0 Å². The van der Waals surface area contributed by atoms with Crippen LogP contribution in [0, 0.1) is 0 Å². The van der Waals surface area contributed by atoms with Crippen LogP contribution in [0.25, 0.3) is 0 Å². The van der Waals surface area contributed by atoms with E-state index in [-0.39, 0.29) is 40.9 Å². The van der Waals surface area contributed by atoms with E-state index in [0.717, 1.165) is 10.8 Å². The highest BCUT2D eigenvalue weighted by Crippen LogP contribution is 2.14. The highest BCUT2D eigenvalue weighted by atomic mass is 79.9. The molecule has 0 spiro atoms. The molecule has 1 aromatic heterocycles. The molecule has 8 nitrogen and oxygen atoms in total. The SMILES string of the molecule is C=CC(=O)NCCCn1c(=O)c(Br)c(Br)c(=O)n1CCC(=O)O. The van der Waals surface area contributed by atoms with Crippen molar-refractivity contribution in [1.29, 1.82) is 0 Å². The minimum absolute atomic E-state index is 0.0455. The molecule has 1 heterocycles. The molecular formula is C13H15Br2N3O5. The number of carbonyl (C=O) groups is 2. The van der Waals surface area contributed by atoms with E-state index in [2.05, 4.69) is 43.8 Å². The molecular weight excluding hydrogens is 438 g/mol. The van der Waals surface area contributed by atoms with Gasteiger partial charge in [0.05, 0.1) is 13.0 Å². The zero-order chi connectivity index (χ0) is 17.6. The van der Waals surface area contributed by atoms with Crippen molar-refractivity contribution >= 4 is 43.7 Å². The normalized spacial score (nSPS) is 10.3.